The van der Waals surface area contributed by atoms with Crippen LogP contribution in [0, 0.1) is 6.92 Å². The zero-order valence-electron chi connectivity index (χ0n) is 17.5. The van der Waals surface area contributed by atoms with Crippen molar-refractivity contribution in [2.45, 2.75) is 38.0 Å². The Bertz CT molecular complexity index is 1140. The molecule has 0 bridgehead atoms. The van der Waals surface area contributed by atoms with E-state index in [1.54, 1.807) is 19.9 Å². The molecule has 31 heavy (non-hydrogen) atoms. The van der Waals surface area contributed by atoms with Gasteiger partial charge in [0.25, 0.3) is 0 Å². The van der Waals surface area contributed by atoms with Crippen LogP contribution in [0.25, 0.3) is 11.0 Å². The summed E-state index contributed by atoms with van der Waals surface area (Å²) in [6.07, 6.45) is 1.44. The number of anilines is 1. The predicted octanol–water partition coefficient (Wildman–Crippen LogP) is 2.55. The maximum absolute atomic E-state index is 12.6. The molecule has 1 fully saturated rings. The van der Waals surface area contributed by atoms with Crippen molar-refractivity contribution in [3.63, 3.8) is 0 Å². The summed E-state index contributed by atoms with van der Waals surface area (Å²) < 4.78 is 6.74. The Morgan fingerprint density at radius 1 is 1.32 bits per heavy atom. The van der Waals surface area contributed by atoms with Gasteiger partial charge in [-0.3, -0.25) is 14.2 Å². The van der Waals surface area contributed by atoms with Gasteiger partial charge in [0.15, 0.2) is 5.82 Å². The number of piperidine rings is 1. The van der Waals surface area contributed by atoms with Gasteiger partial charge in [-0.25, -0.2) is 4.79 Å². The molecular formula is C21H25N5O4S. The summed E-state index contributed by atoms with van der Waals surface area (Å²) >= 11 is 1.29. The van der Waals surface area contributed by atoms with Gasteiger partial charge in [-0.15, -0.1) is 11.8 Å². The van der Waals surface area contributed by atoms with E-state index >= 15 is 0 Å². The Kier molecular flexibility index (Phi) is 6.17. The second kappa shape index (κ2) is 9.01. The molecule has 0 spiro atoms. The lowest BCUT2D eigenvalue weighted by Gasteiger charge is -2.32. The highest BCUT2D eigenvalue weighted by Crippen LogP contribution is 2.25. The Morgan fingerprint density at radius 3 is 2.77 bits per heavy atom. The molecule has 1 aromatic carbocycles. The van der Waals surface area contributed by atoms with Crippen molar-refractivity contribution in [2.24, 2.45) is 0 Å². The highest BCUT2D eigenvalue weighted by Gasteiger charge is 2.27. The van der Waals surface area contributed by atoms with Crippen molar-refractivity contribution in [3.05, 3.63) is 46.6 Å². The molecule has 3 aromatic rings. The largest absolute Gasteiger partial charge is 0.360 e. The maximum atomic E-state index is 12.6. The number of imidazole rings is 1. The monoisotopic (exact) mass is 443 g/mol. The Morgan fingerprint density at radius 2 is 2.06 bits per heavy atom. The molecule has 2 amide bonds. The standard InChI is InChI=1S/C21H25N5O4S/c1-13-11-18(24-30-13)23-20(28)14(2)31-12-19(27)25-9-7-15(8-10-25)26-17-6-4-3-5-16(17)22-21(26)29/h3-6,11,14-15H,7-10,12H2,1-2H3,(H,22,29)(H,23,24,28). The number of benzene rings is 1. The van der Waals surface area contributed by atoms with Crippen LogP contribution in [-0.4, -0.2) is 55.5 Å². The second-order valence-electron chi connectivity index (χ2n) is 7.69. The lowest BCUT2D eigenvalue weighted by molar-refractivity contribution is -0.129. The molecule has 1 saturated heterocycles. The first-order valence-corrected chi connectivity index (χ1v) is 11.3. The van der Waals surface area contributed by atoms with E-state index in [1.165, 1.54) is 11.8 Å². The summed E-state index contributed by atoms with van der Waals surface area (Å²) in [4.78, 5) is 42.0. The average Bonchev–Trinajstić information content (AvgIpc) is 3.33. The number of hydrogen-bond acceptors (Lipinski definition) is 6. The van der Waals surface area contributed by atoms with Gasteiger partial charge in [0.1, 0.15) is 5.76 Å². The van der Waals surface area contributed by atoms with Crippen LogP contribution in [0.5, 0.6) is 0 Å². The number of rotatable bonds is 6. The number of H-pyrrole nitrogens is 1. The van der Waals surface area contributed by atoms with Crippen molar-refractivity contribution in [1.82, 2.24) is 19.6 Å². The molecule has 1 atom stereocenters. The van der Waals surface area contributed by atoms with Gasteiger partial charge in [-0.2, -0.15) is 0 Å². The van der Waals surface area contributed by atoms with Crippen LogP contribution in [0.3, 0.4) is 0 Å². The smallest absolute Gasteiger partial charge is 0.326 e. The fourth-order valence-electron chi connectivity index (χ4n) is 3.83. The number of hydrogen-bond donors (Lipinski definition) is 2. The first kappa shape index (κ1) is 21.2. The van der Waals surface area contributed by atoms with Gasteiger partial charge in [-0.05, 0) is 38.8 Å². The minimum atomic E-state index is -0.400. The molecule has 1 aliphatic rings. The Hall–Kier alpha value is -3.01. The number of carbonyl (C=O) groups is 2. The second-order valence-corrected chi connectivity index (χ2v) is 9.02. The van der Waals surface area contributed by atoms with E-state index in [0.29, 0.717) is 24.7 Å². The summed E-state index contributed by atoms with van der Waals surface area (Å²) in [5.74, 6) is 1.000. The summed E-state index contributed by atoms with van der Waals surface area (Å²) in [6.45, 7) is 4.69. The predicted molar refractivity (Wildman–Crippen MR) is 119 cm³/mol. The molecule has 4 rings (SSSR count). The number of nitrogens with one attached hydrogen (secondary N) is 2. The van der Waals surface area contributed by atoms with Gasteiger partial charge in [-0.1, -0.05) is 17.3 Å². The Labute approximate surface area is 183 Å². The first-order valence-electron chi connectivity index (χ1n) is 10.2. The zero-order valence-corrected chi connectivity index (χ0v) is 18.3. The van der Waals surface area contributed by atoms with E-state index in [4.69, 9.17) is 4.52 Å². The number of amides is 2. The first-order chi connectivity index (χ1) is 14.9. The lowest BCUT2D eigenvalue weighted by atomic mass is 10.0. The van der Waals surface area contributed by atoms with E-state index in [1.807, 2.05) is 33.7 Å². The minimum absolute atomic E-state index is 0.00616. The molecule has 1 aliphatic heterocycles. The Balaban J connectivity index is 1.28. The van der Waals surface area contributed by atoms with Gasteiger partial charge < -0.3 is 19.7 Å². The van der Waals surface area contributed by atoms with E-state index in [9.17, 15) is 14.4 Å². The quantitative estimate of drug-likeness (QED) is 0.605. The highest BCUT2D eigenvalue weighted by atomic mass is 32.2. The number of carbonyl (C=O) groups excluding carboxylic acids is 2. The zero-order chi connectivity index (χ0) is 22.0. The fraction of sp³-hybridized carbons (Fsp3) is 0.429. The average molecular weight is 444 g/mol. The van der Waals surface area contributed by atoms with Crippen LogP contribution < -0.4 is 11.0 Å². The maximum Gasteiger partial charge on any atom is 0.326 e. The molecular weight excluding hydrogens is 418 g/mol. The summed E-state index contributed by atoms with van der Waals surface area (Å²) in [7, 11) is 0. The molecule has 2 aromatic heterocycles. The fourth-order valence-corrected chi connectivity index (χ4v) is 4.61. The molecule has 0 radical (unpaired) electrons. The number of nitrogens with zero attached hydrogens (tertiary/aromatic N) is 3. The molecule has 0 aliphatic carbocycles. The number of aryl methyl sites for hydroxylation is 1. The third-order valence-electron chi connectivity index (χ3n) is 5.51. The SMILES string of the molecule is Cc1cc(NC(=O)C(C)SCC(=O)N2CCC(n3c(=O)[nH]c4ccccc43)CC2)no1. The van der Waals surface area contributed by atoms with Crippen LogP contribution in [0.4, 0.5) is 5.82 Å². The summed E-state index contributed by atoms with van der Waals surface area (Å²) in [5, 5.41) is 6.02. The number of fused-ring (bicyclic) bond motifs is 1. The van der Waals surface area contributed by atoms with Crippen LogP contribution in [0.2, 0.25) is 0 Å². The van der Waals surface area contributed by atoms with E-state index in [-0.39, 0.29) is 29.3 Å². The lowest BCUT2D eigenvalue weighted by Crippen LogP contribution is -2.41. The molecule has 164 valence electrons. The number of aromatic nitrogens is 3. The molecule has 2 N–H and O–H groups in total. The van der Waals surface area contributed by atoms with Crippen LogP contribution in [0.15, 0.2) is 39.6 Å². The van der Waals surface area contributed by atoms with Gasteiger partial charge in [0.05, 0.1) is 22.0 Å². The normalized spacial score (nSPS) is 15.9. The van der Waals surface area contributed by atoms with E-state index in [2.05, 4.69) is 15.5 Å². The number of para-hydroxylation sites is 2. The van der Waals surface area contributed by atoms with Gasteiger partial charge >= 0.3 is 5.69 Å². The molecule has 10 heteroatoms. The highest BCUT2D eigenvalue weighted by molar-refractivity contribution is 8.01. The van der Waals surface area contributed by atoms with Crippen LogP contribution >= 0.6 is 11.8 Å². The van der Waals surface area contributed by atoms with Crippen molar-refractivity contribution >= 4 is 40.4 Å². The minimum Gasteiger partial charge on any atom is -0.360 e. The van der Waals surface area contributed by atoms with Crippen molar-refractivity contribution in [1.29, 1.82) is 0 Å². The topological polar surface area (TPSA) is 113 Å². The molecule has 9 nitrogen and oxygen atoms in total. The third kappa shape index (κ3) is 4.68. The van der Waals surface area contributed by atoms with E-state index < -0.39 is 5.25 Å². The molecule has 0 saturated carbocycles. The third-order valence-corrected chi connectivity index (χ3v) is 6.64. The number of aromatic amines is 1. The van der Waals surface area contributed by atoms with E-state index in [0.717, 1.165) is 23.9 Å². The van der Waals surface area contributed by atoms with Crippen LogP contribution in [-0.2, 0) is 9.59 Å². The van der Waals surface area contributed by atoms with Crippen molar-refractivity contribution < 1.29 is 14.1 Å². The summed E-state index contributed by atoms with van der Waals surface area (Å²) in [6, 6.07) is 9.36. The van der Waals surface area contributed by atoms with Gasteiger partial charge in [0.2, 0.25) is 11.8 Å². The van der Waals surface area contributed by atoms with Crippen molar-refractivity contribution in [2.75, 3.05) is 24.2 Å². The number of likely N-dealkylation sites (tertiary alicyclic amines) is 1. The van der Waals surface area contributed by atoms with Crippen LogP contribution in [0.1, 0.15) is 31.6 Å². The van der Waals surface area contributed by atoms with Gasteiger partial charge in [0, 0.05) is 25.2 Å². The number of thioether (sulfide) groups is 1. The molecule has 1 unspecified atom stereocenters. The summed E-state index contributed by atoms with van der Waals surface area (Å²) in [5.41, 5.74) is 1.62. The molecule has 3 heterocycles. The van der Waals surface area contributed by atoms with Crippen molar-refractivity contribution in [3.8, 4) is 0 Å².